The summed E-state index contributed by atoms with van der Waals surface area (Å²) in [5.41, 5.74) is 1.84. The average Bonchev–Trinajstić information content (AvgIpc) is 2.38. The Morgan fingerprint density at radius 3 is 2.68 bits per heavy atom. The molecule has 2 aliphatic rings. The van der Waals surface area contributed by atoms with E-state index in [1.54, 1.807) is 6.07 Å². The highest BCUT2D eigenvalue weighted by atomic mass is 16.3. The summed E-state index contributed by atoms with van der Waals surface area (Å²) in [7, 11) is 2.09. The van der Waals surface area contributed by atoms with Gasteiger partial charge in [0.1, 0.15) is 5.75 Å². The molecule has 0 saturated heterocycles. The van der Waals surface area contributed by atoms with Crippen LogP contribution in [0.3, 0.4) is 0 Å². The lowest BCUT2D eigenvalue weighted by Crippen LogP contribution is -2.46. The number of phenols is 1. The number of aliphatic hydroxyl groups is 1. The molecule has 2 N–H and O–H groups in total. The van der Waals surface area contributed by atoms with Crippen LogP contribution in [-0.4, -0.2) is 34.3 Å². The molecule has 1 aliphatic heterocycles. The summed E-state index contributed by atoms with van der Waals surface area (Å²) in [6.07, 6.45) is 5.32. The van der Waals surface area contributed by atoms with E-state index in [-0.39, 0.29) is 5.92 Å². The Kier molecular flexibility index (Phi) is 3.27. The highest BCUT2D eigenvalue weighted by Gasteiger charge is 2.41. The monoisotopic (exact) mass is 261 g/mol. The lowest BCUT2D eigenvalue weighted by atomic mass is 9.70. The van der Waals surface area contributed by atoms with Crippen molar-refractivity contribution in [3.8, 4) is 5.75 Å². The van der Waals surface area contributed by atoms with Gasteiger partial charge in [0.25, 0.3) is 0 Å². The molecule has 1 unspecified atom stereocenters. The third-order valence-corrected chi connectivity index (χ3v) is 4.80. The van der Waals surface area contributed by atoms with E-state index in [0.717, 1.165) is 44.3 Å². The van der Waals surface area contributed by atoms with Crippen LogP contribution in [0.1, 0.15) is 49.1 Å². The molecule has 1 heterocycles. The molecule has 104 valence electrons. The zero-order valence-corrected chi connectivity index (χ0v) is 11.6. The second-order valence-corrected chi connectivity index (χ2v) is 6.30. The van der Waals surface area contributed by atoms with E-state index in [1.807, 2.05) is 12.1 Å². The largest absolute Gasteiger partial charge is 0.508 e. The van der Waals surface area contributed by atoms with E-state index in [9.17, 15) is 10.2 Å². The van der Waals surface area contributed by atoms with Crippen molar-refractivity contribution in [3.63, 3.8) is 0 Å². The van der Waals surface area contributed by atoms with Crippen molar-refractivity contribution in [3.05, 3.63) is 29.3 Å². The van der Waals surface area contributed by atoms with Gasteiger partial charge in [0.2, 0.25) is 0 Å². The van der Waals surface area contributed by atoms with Gasteiger partial charge in [0.15, 0.2) is 0 Å². The zero-order chi connectivity index (χ0) is 13.5. The standard InChI is InChI=1S/C16H23NO2/c1-17-10-12-9-13(18)5-6-14(12)15(11-17)16(19)7-3-2-4-8-16/h5-6,9,15,18-19H,2-4,7-8,10-11H2,1H3. The first-order chi connectivity index (χ1) is 9.08. The van der Waals surface area contributed by atoms with Crippen molar-refractivity contribution in [2.24, 2.45) is 0 Å². The highest BCUT2D eigenvalue weighted by Crippen LogP contribution is 2.43. The molecule has 0 radical (unpaired) electrons. The summed E-state index contributed by atoms with van der Waals surface area (Å²) in [5, 5.41) is 20.7. The second-order valence-electron chi connectivity index (χ2n) is 6.30. The predicted molar refractivity (Wildman–Crippen MR) is 75.2 cm³/mol. The van der Waals surface area contributed by atoms with Gasteiger partial charge in [-0.05, 0) is 43.1 Å². The maximum absolute atomic E-state index is 11.0. The minimum atomic E-state index is -0.557. The van der Waals surface area contributed by atoms with E-state index < -0.39 is 5.60 Å². The van der Waals surface area contributed by atoms with Crippen molar-refractivity contribution < 1.29 is 10.2 Å². The maximum Gasteiger partial charge on any atom is 0.115 e. The van der Waals surface area contributed by atoms with Crippen molar-refractivity contribution in [1.29, 1.82) is 0 Å². The first-order valence-electron chi connectivity index (χ1n) is 7.31. The minimum Gasteiger partial charge on any atom is -0.508 e. The van der Waals surface area contributed by atoms with Crippen molar-refractivity contribution in [1.82, 2.24) is 4.90 Å². The van der Waals surface area contributed by atoms with Crippen LogP contribution in [0, 0.1) is 0 Å². The molecule has 3 rings (SSSR count). The van der Waals surface area contributed by atoms with Gasteiger partial charge in [0.05, 0.1) is 5.60 Å². The predicted octanol–water partition coefficient (Wildman–Crippen LogP) is 2.62. The van der Waals surface area contributed by atoms with Gasteiger partial charge in [-0.15, -0.1) is 0 Å². The summed E-state index contributed by atoms with van der Waals surface area (Å²) >= 11 is 0. The van der Waals surface area contributed by atoms with Crippen LogP contribution in [-0.2, 0) is 6.54 Å². The number of benzene rings is 1. The molecule has 1 aromatic carbocycles. The molecule has 19 heavy (non-hydrogen) atoms. The lowest BCUT2D eigenvalue weighted by molar-refractivity contribution is -0.0333. The summed E-state index contributed by atoms with van der Waals surface area (Å²) in [6, 6.07) is 5.61. The number of fused-ring (bicyclic) bond motifs is 1. The Labute approximate surface area is 114 Å². The number of hydrogen-bond donors (Lipinski definition) is 2. The third-order valence-electron chi connectivity index (χ3n) is 4.80. The fourth-order valence-electron chi connectivity index (χ4n) is 3.81. The number of nitrogens with zero attached hydrogens (tertiary/aromatic N) is 1. The third kappa shape index (κ3) is 2.37. The molecule has 0 aromatic heterocycles. The number of rotatable bonds is 1. The first-order valence-corrected chi connectivity index (χ1v) is 7.31. The van der Waals surface area contributed by atoms with Crippen LogP contribution in [0.15, 0.2) is 18.2 Å². The van der Waals surface area contributed by atoms with Crippen LogP contribution in [0.2, 0.25) is 0 Å². The van der Waals surface area contributed by atoms with Crippen molar-refractivity contribution in [2.45, 2.75) is 50.2 Å². The number of phenolic OH excluding ortho intramolecular Hbond substituents is 1. The fraction of sp³-hybridized carbons (Fsp3) is 0.625. The van der Waals surface area contributed by atoms with E-state index in [0.29, 0.717) is 5.75 Å². The smallest absolute Gasteiger partial charge is 0.115 e. The fourth-order valence-corrected chi connectivity index (χ4v) is 3.81. The van der Waals surface area contributed by atoms with E-state index in [1.165, 1.54) is 12.0 Å². The van der Waals surface area contributed by atoms with Crippen LogP contribution < -0.4 is 0 Å². The summed E-state index contributed by atoms with van der Waals surface area (Å²) in [5.74, 6) is 0.505. The summed E-state index contributed by atoms with van der Waals surface area (Å²) < 4.78 is 0. The van der Waals surface area contributed by atoms with Gasteiger partial charge < -0.3 is 15.1 Å². The molecule has 3 heteroatoms. The number of hydrogen-bond acceptors (Lipinski definition) is 3. The Hall–Kier alpha value is -1.06. The van der Waals surface area contributed by atoms with Gasteiger partial charge >= 0.3 is 0 Å². The van der Waals surface area contributed by atoms with Gasteiger partial charge in [-0.3, -0.25) is 0 Å². The molecule has 1 aliphatic carbocycles. The van der Waals surface area contributed by atoms with Crippen molar-refractivity contribution >= 4 is 0 Å². The molecule has 0 amide bonds. The summed E-state index contributed by atoms with van der Waals surface area (Å²) in [4.78, 5) is 2.25. The van der Waals surface area contributed by atoms with Crippen LogP contribution >= 0.6 is 0 Å². The molecule has 3 nitrogen and oxygen atoms in total. The Bertz CT molecular complexity index is 466. The maximum atomic E-state index is 11.0. The molecule has 1 aromatic rings. The van der Waals surface area contributed by atoms with Crippen LogP contribution in [0.25, 0.3) is 0 Å². The lowest BCUT2D eigenvalue weighted by Gasteiger charge is -2.44. The summed E-state index contributed by atoms with van der Waals surface area (Å²) in [6.45, 7) is 1.77. The number of likely N-dealkylation sites (N-methyl/N-ethyl adjacent to an activating group) is 1. The van der Waals surface area contributed by atoms with Crippen molar-refractivity contribution in [2.75, 3.05) is 13.6 Å². The molecular formula is C16H23NO2. The van der Waals surface area contributed by atoms with Gasteiger partial charge in [0, 0.05) is 19.0 Å². The molecular weight excluding hydrogens is 238 g/mol. The van der Waals surface area contributed by atoms with E-state index >= 15 is 0 Å². The van der Waals surface area contributed by atoms with Gasteiger partial charge in [-0.25, -0.2) is 0 Å². The molecule has 1 atom stereocenters. The van der Waals surface area contributed by atoms with Gasteiger partial charge in [-0.1, -0.05) is 25.3 Å². The Morgan fingerprint density at radius 1 is 1.21 bits per heavy atom. The zero-order valence-electron chi connectivity index (χ0n) is 11.6. The SMILES string of the molecule is CN1Cc2cc(O)ccc2C(C2(O)CCCCC2)C1. The molecule has 0 spiro atoms. The molecule has 1 fully saturated rings. The molecule has 1 saturated carbocycles. The van der Waals surface area contributed by atoms with Crippen LogP contribution in [0.4, 0.5) is 0 Å². The first kappa shape index (κ1) is 12.9. The topological polar surface area (TPSA) is 43.7 Å². The van der Waals surface area contributed by atoms with Gasteiger partial charge in [-0.2, -0.15) is 0 Å². The Morgan fingerprint density at radius 2 is 1.95 bits per heavy atom. The highest BCUT2D eigenvalue weighted by molar-refractivity contribution is 5.40. The molecule has 0 bridgehead atoms. The van der Waals surface area contributed by atoms with Crippen LogP contribution in [0.5, 0.6) is 5.75 Å². The average molecular weight is 261 g/mol. The normalized spacial score (nSPS) is 26.9. The Balaban J connectivity index is 1.98. The van der Waals surface area contributed by atoms with E-state index in [2.05, 4.69) is 11.9 Å². The quantitative estimate of drug-likeness (QED) is 0.816. The number of aromatic hydroxyl groups is 1. The second kappa shape index (κ2) is 4.80. The minimum absolute atomic E-state index is 0.183. The van der Waals surface area contributed by atoms with E-state index in [4.69, 9.17) is 0 Å².